The SMILES string of the molecule is CC1CN(c2ncccc2C(=O)N2CCCCC2)CCS1(=O)=O. The first-order valence-electron chi connectivity index (χ1n) is 8.20. The van der Waals surface area contributed by atoms with E-state index in [4.69, 9.17) is 0 Å². The summed E-state index contributed by atoms with van der Waals surface area (Å²) in [5.41, 5.74) is 0.584. The van der Waals surface area contributed by atoms with Crippen LogP contribution in [0.5, 0.6) is 0 Å². The number of hydrogen-bond acceptors (Lipinski definition) is 5. The Kier molecular flexibility index (Phi) is 4.57. The summed E-state index contributed by atoms with van der Waals surface area (Å²) in [6, 6.07) is 3.57. The molecule has 1 atom stereocenters. The molecular weight excluding hydrogens is 314 g/mol. The Hall–Kier alpha value is -1.63. The Morgan fingerprint density at radius 3 is 2.65 bits per heavy atom. The second kappa shape index (κ2) is 6.47. The number of rotatable bonds is 2. The molecule has 2 aliphatic heterocycles. The standard InChI is InChI=1S/C16H23N3O3S/c1-13-12-19(10-11-23(13,21)22)15-14(6-5-7-17-15)16(20)18-8-3-2-4-9-18/h5-7,13H,2-4,8-12H2,1H3. The number of aromatic nitrogens is 1. The number of hydrogen-bond donors (Lipinski definition) is 0. The van der Waals surface area contributed by atoms with Gasteiger partial charge < -0.3 is 9.80 Å². The Morgan fingerprint density at radius 2 is 1.96 bits per heavy atom. The molecule has 1 unspecified atom stereocenters. The number of carbonyl (C=O) groups excluding carboxylic acids is 1. The zero-order chi connectivity index (χ0) is 16.4. The van der Waals surface area contributed by atoms with E-state index in [1.807, 2.05) is 9.80 Å². The molecule has 2 aliphatic rings. The third-order valence-electron chi connectivity index (χ3n) is 4.70. The third-order valence-corrected chi connectivity index (χ3v) is 6.82. The molecule has 0 aromatic carbocycles. The van der Waals surface area contributed by atoms with Gasteiger partial charge in [0.2, 0.25) is 0 Å². The molecule has 1 aromatic rings. The average molecular weight is 337 g/mol. The molecule has 0 aliphatic carbocycles. The van der Waals surface area contributed by atoms with Crippen LogP contribution in [0.3, 0.4) is 0 Å². The maximum Gasteiger partial charge on any atom is 0.257 e. The van der Waals surface area contributed by atoms with Gasteiger partial charge in [0, 0.05) is 32.4 Å². The first-order chi connectivity index (χ1) is 11.0. The first-order valence-corrected chi connectivity index (χ1v) is 9.91. The summed E-state index contributed by atoms with van der Waals surface area (Å²) in [5.74, 6) is 0.737. The van der Waals surface area contributed by atoms with Gasteiger partial charge in [-0.15, -0.1) is 0 Å². The summed E-state index contributed by atoms with van der Waals surface area (Å²) < 4.78 is 23.8. The van der Waals surface area contributed by atoms with Crippen molar-refractivity contribution in [1.29, 1.82) is 0 Å². The van der Waals surface area contributed by atoms with E-state index in [0.717, 1.165) is 25.9 Å². The van der Waals surface area contributed by atoms with Crippen molar-refractivity contribution in [2.24, 2.45) is 0 Å². The van der Waals surface area contributed by atoms with Crippen LogP contribution in [-0.4, -0.2) is 61.4 Å². The van der Waals surface area contributed by atoms with Gasteiger partial charge in [0.05, 0.1) is 16.6 Å². The summed E-state index contributed by atoms with van der Waals surface area (Å²) in [7, 11) is -3.02. The average Bonchev–Trinajstić information content (AvgIpc) is 2.57. The molecular formula is C16H23N3O3S. The molecule has 0 radical (unpaired) electrons. The fraction of sp³-hybridized carbons (Fsp3) is 0.625. The summed E-state index contributed by atoms with van der Waals surface area (Å²) in [4.78, 5) is 21.0. The van der Waals surface area contributed by atoms with Crippen LogP contribution in [0.4, 0.5) is 5.82 Å². The molecule has 0 bridgehead atoms. The van der Waals surface area contributed by atoms with Crippen LogP contribution in [0.2, 0.25) is 0 Å². The highest BCUT2D eigenvalue weighted by atomic mass is 32.2. The Balaban J connectivity index is 1.85. The van der Waals surface area contributed by atoms with E-state index >= 15 is 0 Å². The lowest BCUT2D eigenvalue weighted by molar-refractivity contribution is 0.0724. The van der Waals surface area contributed by atoms with Gasteiger partial charge >= 0.3 is 0 Å². The highest BCUT2D eigenvalue weighted by Gasteiger charge is 2.32. The number of carbonyl (C=O) groups is 1. The monoisotopic (exact) mass is 337 g/mol. The van der Waals surface area contributed by atoms with Gasteiger partial charge in [-0.25, -0.2) is 13.4 Å². The molecule has 126 valence electrons. The van der Waals surface area contributed by atoms with Crippen molar-refractivity contribution in [3.05, 3.63) is 23.9 Å². The lowest BCUT2D eigenvalue weighted by atomic mass is 10.1. The largest absolute Gasteiger partial charge is 0.354 e. The van der Waals surface area contributed by atoms with Crippen LogP contribution < -0.4 is 4.90 Å². The van der Waals surface area contributed by atoms with Crippen molar-refractivity contribution < 1.29 is 13.2 Å². The van der Waals surface area contributed by atoms with Crippen molar-refractivity contribution in [2.75, 3.05) is 36.8 Å². The Bertz CT molecular complexity index is 684. The van der Waals surface area contributed by atoms with E-state index in [1.165, 1.54) is 6.42 Å². The van der Waals surface area contributed by atoms with Gasteiger partial charge in [0.1, 0.15) is 5.82 Å². The van der Waals surface area contributed by atoms with Gasteiger partial charge in [0.15, 0.2) is 9.84 Å². The molecule has 3 rings (SSSR count). The number of amides is 1. The zero-order valence-corrected chi connectivity index (χ0v) is 14.3. The topological polar surface area (TPSA) is 70.6 Å². The number of likely N-dealkylation sites (tertiary alicyclic amines) is 1. The number of anilines is 1. The van der Waals surface area contributed by atoms with Crippen molar-refractivity contribution >= 4 is 21.6 Å². The van der Waals surface area contributed by atoms with Gasteiger partial charge in [-0.3, -0.25) is 4.79 Å². The van der Waals surface area contributed by atoms with Crippen molar-refractivity contribution in [2.45, 2.75) is 31.4 Å². The quantitative estimate of drug-likeness (QED) is 0.814. The molecule has 2 saturated heterocycles. The zero-order valence-electron chi connectivity index (χ0n) is 13.4. The Morgan fingerprint density at radius 1 is 1.22 bits per heavy atom. The van der Waals surface area contributed by atoms with Crippen LogP contribution >= 0.6 is 0 Å². The van der Waals surface area contributed by atoms with Gasteiger partial charge in [0.25, 0.3) is 5.91 Å². The van der Waals surface area contributed by atoms with Crippen LogP contribution in [0.15, 0.2) is 18.3 Å². The van der Waals surface area contributed by atoms with Crippen molar-refractivity contribution in [3.63, 3.8) is 0 Å². The molecule has 3 heterocycles. The molecule has 1 aromatic heterocycles. The number of pyridine rings is 1. The maximum absolute atomic E-state index is 12.8. The second-order valence-corrected chi connectivity index (χ2v) is 8.89. The van der Waals surface area contributed by atoms with Crippen molar-refractivity contribution in [3.8, 4) is 0 Å². The van der Waals surface area contributed by atoms with E-state index < -0.39 is 15.1 Å². The molecule has 1 amide bonds. The molecule has 2 fully saturated rings. The first kappa shape index (κ1) is 16.2. The maximum atomic E-state index is 12.8. The molecule has 0 spiro atoms. The minimum Gasteiger partial charge on any atom is -0.354 e. The van der Waals surface area contributed by atoms with Crippen LogP contribution in [0.1, 0.15) is 36.5 Å². The number of piperidine rings is 1. The predicted octanol–water partition coefficient (Wildman–Crippen LogP) is 1.33. The lowest BCUT2D eigenvalue weighted by Gasteiger charge is -2.34. The van der Waals surface area contributed by atoms with Crippen LogP contribution in [-0.2, 0) is 9.84 Å². The summed E-state index contributed by atoms with van der Waals surface area (Å²) in [6.07, 6.45) is 4.92. The molecule has 0 saturated carbocycles. The number of sulfone groups is 1. The fourth-order valence-electron chi connectivity index (χ4n) is 3.23. The van der Waals surface area contributed by atoms with Crippen LogP contribution in [0.25, 0.3) is 0 Å². The highest BCUT2D eigenvalue weighted by molar-refractivity contribution is 7.92. The minimum absolute atomic E-state index is 0.00823. The number of nitrogens with zero attached hydrogens (tertiary/aromatic N) is 3. The molecule has 7 heteroatoms. The fourth-order valence-corrected chi connectivity index (χ4v) is 4.51. The smallest absolute Gasteiger partial charge is 0.257 e. The van der Waals surface area contributed by atoms with E-state index in [9.17, 15) is 13.2 Å². The van der Waals surface area contributed by atoms with E-state index in [2.05, 4.69) is 4.98 Å². The van der Waals surface area contributed by atoms with E-state index in [-0.39, 0.29) is 11.7 Å². The lowest BCUT2D eigenvalue weighted by Crippen LogP contribution is -2.47. The predicted molar refractivity (Wildman–Crippen MR) is 89.5 cm³/mol. The van der Waals surface area contributed by atoms with Gasteiger partial charge in [-0.2, -0.15) is 0 Å². The van der Waals surface area contributed by atoms with E-state index in [1.54, 1.807) is 25.3 Å². The molecule has 23 heavy (non-hydrogen) atoms. The van der Waals surface area contributed by atoms with Crippen LogP contribution in [0, 0.1) is 0 Å². The van der Waals surface area contributed by atoms with Gasteiger partial charge in [-0.05, 0) is 38.3 Å². The second-order valence-electron chi connectivity index (χ2n) is 6.35. The minimum atomic E-state index is -3.02. The van der Waals surface area contributed by atoms with Gasteiger partial charge in [-0.1, -0.05) is 0 Å². The normalized spacial score (nSPS) is 24.5. The van der Waals surface area contributed by atoms with Crippen molar-refractivity contribution in [1.82, 2.24) is 9.88 Å². The summed E-state index contributed by atoms with van der Waals surface area (Å²) in [6.45, 7) is 4.08. The third kappa shape index (κ3) is 3.34. The highest BCUT2D eigenvalue weighted by Crippen LogP contribution is 2.24. The molecule has 0 N–H and O–H groups in total. The summed E-state index contributed by atoms with van der Waals surface area (Å²) >= 11 is 0. The molecule has 6 nitrogen and oxygen atoms in total. The Labute approximate surface area is 137 Å². The summed E-state index contributed by atoms with van der Waals surface area (Å²) in [5, 5.41) is -0.434. The van der Waals surface area contributed by atoms with E-state index in [0.29, 0.717) is 24.5 Å².